The smallest absolute Gasteiger partial charge is 0.239 e. The van der Waals surface area contributed by atoms with Gasteiger partial charge in [0.05, 0.1) is 12.1 Å². The molecule has 0 saturated carbocycles. The maximum Gasteiger partial charge on any atom is 0.239 e. The summed E-state index contributed by atoms with van der Waals surface area (Å²) in [5.41, 5.74) is 0. The summed E-state index contributed by atoms with van der Waals surface area (Å²) in [7, 11) is 1.82. The molecule has 0 aliphatic carbocycles. The molecule has 17 heavy (non-hydrogen) atoms. The SMILES string of the molecule is CCC1CCNC(C(=O)N(C)CCC(C)O)C1. The van der Waals surface area contributed by atoms with E-state index in [1.54, 1.807) is 11.8 Å². The van der Waals surface area contributed by atoms with Crippen LogP contribution in [0.15, 0.2) is 0 Å². The van der Waals surface area contributed by atoms with Gasteiger partial charge in [0.2, 0.25) is 5.91 Å². The Morgan fingerprint density at radius 1 is 1.59 bits per heavy atom. The van der Waals surface area contributed by atoms with E-state index in [1.165, 1.54) is 6.42 Å². The zero-order valence-corrected chi connectivity index (χ0v) is 11.3. The van der Waals surface area contributed by atoms with Crippen molar-refractivity contribution in [2.45, 2.75) is 51.7 Å². The van der Waals surface area contributed by atoms with Gasteiger partial charge in [-0.15, -0.1) is 0 Å². The fraction of sp³-hybridized carbons (Fsp3) is 0.923. The van der Waals surface area contributed by atoms with Gasteiger partial charge in [0.1, 0.15) is 0 Å². The van der Waals surface area contributed by atoms with Gasteiger partial charge in [-0.05, 0) is 38.6 Å². The molecule has 4 heteroatoms. The van der Waals surface area contributed by atoms with Crippen molar-refractivity contribution in [3.63, 3.8) is 0 Å². The third-order valence-electron chi connectivity index (χ3n) is 3.65. The number of carbonyl (C=O) groups excluding carboxylic acids is 1. The Hall–Kier alpha value is -0.610. The van der Waals surface area contributed by atoms with Gasteiger partial charge in [0, 0.05) is 13.6 Å². The highest BCUT2D eigenvalue weighted by Crippen LogP contribution is 2.20. The van der Waals surface area contributed by atoms with Gasteiger partial charge in [-0.1, -0.05) is 13.3 Å². The number of carbonyl (C=O) groups is 1. The van der Waals surface area contributed by atoms with Crippen molar-refractivity contribution >= 4 is 5.91 Å². The molecule has 1 aliphatic rings. The monoisotopic (exact) mass is 242 g/mol. The van der Waals surface area contributed by atoms with E-state index in [2.05, 4.69) is 12.2 Å². The Labute approximate surface area is 104 Å². The van der Waals surface area contributed by atoms with Crippen LogP contribution in [-0.4, -0.2) is 48.2 Å². The Bertz CT molecular complexity index is 244. The van der Waals surface area contributed by atoms with Gasteiger partial charge in [-0.3, -0.25) is 4.79 Å². The predicted octanol–water partition coefficient (Wildman–Crippen LogP) is 0.994. The van der Waals surface area contributed by atoms with Crippen molar-refractivity contribution in [3.8, 4) is 0 Å². The second-order valence-electron chi connectivity index (χ2n) is 5.20. The van der Waals surface area contributed by atoms with Crippen molar-refractivity contribution < 1.29 is 9.90 Å². The minimum absolute atomic E-state index is 0.0206. The number of rotatable bonds is 5. The lowest BCUT2D eigenvalue weighted by Crippen LogP contribution is -2.49. The Morgan fingerprint density at radius 3 is 2.88 bits per heavy atom. The highest BCUT2D eigenvalue weighted by atomic mass is 16.3. The fourth-order valence-corrected chi connectivity index (χ4v) is 2.31. The number of nitrogens with zero attached hydrogens (tertiary/aromatic N) is 1. The fourth-order valence-electron chi connectivity index (χ4n) is 2.31. The number of aliphatic hydroxyl groups is 1. The molecule has 2 N–H and O–H groups in total. The van der Waals surface area contributed by atoms with Crippen molar-refractivity contribution in [3.05, 3.63) is 0 Å². The summed E-state index contributed by atoms with van der Waals surface area (Å²) in [6, 6.07) is -0.0206. The van der Waals surface area contributed by atoms with Crippen LogP contribution in [0.25, 0.3) is 0 Å². The lowest BCUT2D eigenvalue weighted by Gasteiger charge is -2.31. The minimum atomic E-state index is -0.340. The maximum atomic E-state index is 12.2. The second kappa shape index (κ2) is 6.97. The van der Waals surface area contributed by atoms with E-state index < -0.39 is 0 Å². The van der Waals surface area contributed by atoms with Gasteiger partial charge in [-0.2, -0.15) is 0 Å². The minimum Gasteiger partial charge on any atom is -0.393 e. The first-order chi connectivity index (χ1) is 8.04. The van der Waals surface area contributed by atoms with Crippen LogP contribution in [-0.2, 0) is 4.79 Å². The molecule has 1 fully saturated rings. The van der Waals surface area contributed by atoms with E-state index in [0.29, 0.717) is 18.9 Å². The maximum absolute atomic E-state index is 12.2. The number of aliphatic hydroxyl groups excluding tert-OH is 1. The molecule has 0 aromatic rings. The van der Waals surface area contributed by atoms with Crippen molar-refractivity contribution in [1.82, 2.24) is 10.2 Å². The third-order valence-corrected chi connectivity index (χ3v) is 3.65. The average Bonchev–Trinajstić information content (AvgIpc) is 2.35. The van der Waals surface area contributed by atoms with Gasteiger partial charge in [0.25, 0.3) is 0 Å². The molecule has 4 nitrogen and oxygen atoms in total. The largest absolute Gasteiger partial charge is 0.393 e. The van der Waals surface area contributed by atoms with E-state index in [-0.39, 0.29) is 18.1 Å². The van der Waals surface area contributed by atoms with Gasteiger partial charge in [-0.25, -0.2) is 0 Å². The zero-order chi connectivity index (χ0) is 12.8. The molecule has 1 amide bonds. The van der Waals surface area contributed by atoms with Gasteiger partial charge in [0.15, 0.2) is 0 Å². The first-order valence-corrected chi connectivity index (χ1v) is 6.71. The highest BCUT2D eigenvalue weighted by molar-refractivity contribution is 5.81. The molecule has 0 spiro atoms. The van der Waals surface area contributed by atoms with Crippen LogP contribution in [0.1, 0.15) is 39.5 Å². The standard InChI is InChI=1S/C13H26N2O2/c1-4-11-5-7-14-12(9-11)13(17)15(3)8-6-10(2)16/h10-12,14,16H,4-9H2,1-3H3. The van der Waals surface area contributed by atoms with E-state index in [0.717, 1.165) is 19.4 Å². The molecule has 1 heterocycles. The number of hydrogen-bond acceptors (Lipinski definition) is 3. The molecule has 1 aliphatic heterocycles. The molecule has 1 saturated heterocycles. The highest BCUT2D eigenvalue weighted by Gasteiger charge is 2.27. The Kier molecular flexibility index (Phi) is 5.92. The first-order valence-electron chi connectivity index (χ1n) is 6.71. The lowest BCUT2D eigenvalue weighted by molar-refractivity contribution is -0.133. The second-order valence-corrected chi connectivity index (χ2v) is 5.20. The number of nitrogens with one attached hydrogen (secondary N) is 1. The summed E-state index contributed by atoms with van der Waals surface area (Å²) in [5.74, 6) is 0.846. The molecule has 1 rings (SSSR count). The number of likely N-dealkylation sites (N-methyl/N-ethyl adjacent to an activating group) is 1. The van der Waals surface area contributed by atoms with Crippen LogP contribution in [0, 0.1) is 5.92 Å². The van der Waals surface area contributed by atoms with Crippen molar-refractivity contribution in [2.24, 2.45) is 5.92 Å². The van der Waals surface area contributed by atoms with Crippen molar-refractivity contribution in [1.29, 1.82) is 0 Å². The van der Waals surface area contributed by atoms with Gasteiger partial charge < -0.3 is 15.3 Å². The lowest BCUT2D eigenvalue weighted by atomic mass is 9.90. The van der Waals surface area contributed by atoms with E-state index >= 15 is 0 Å². The average molecular weight is 242 g/mol. The van der Waals surface area contributed by atoms with Crippen LogP contribution < -0.4 is 5.32 Å². The molecular formula is C13H26N2O2. The third kappa shape index (κ3) is 4.64. The molecule has 0 bridgehead atoms. The molecule has 100 valence electrons. The summed E-state index contributed by atoms with van der Waals surface area (Å²) in [4.78, 5) is 13.9. The Morgan fingerprint density at radius 2 is 2.29 bits per heavy atom. The van der Waals surface area contributed by atoms with E-state index in [1.807, 2.05) is 7.05 Å². The first kappa shape index (κ1) is 14.5. The molecule has 3 unspecified atom stereocenters. The summed E-state index contributed by atoms with van der Waals surface area (Å²) < 4.78 is 0. The van der Waals surface area contributed by atoms with Crippen LogP contribution >= 0.6 is 0 Å². The van der Waals surface area contributed by atoms with E-state index in [4.69, 9.17) is 0 Å². The summed E-state index contributed by atoms with van der Waals surface area (Å²) in [6.45, 7) is 5.52. The Balaban J connectivity index is 2.39. The molecule has 0 aromatic carbocycles. The van der Waals surface area contributed by atoms with Crippen LogP contribution in [0.5, 0.6) is 0 Å². The predicted molar refractivity (Wildman–Crippen MR) is 68.7 cm³/mol. The molecule has 0 radical (unpaired) electrons. The van der Waals surface area contributed by atoms with Crippen LogP contribution in [0.3, 0.4) is 0 Å². The summed E-state index contributed by atoms with van der Waals surface area (Å²) >= 11 is 0. The van der Waals surface area contributed by atoms with Crippen molar-refractivity contribution in [2.75, 3.05) is 20.1 Å². The normalized spacial score (nSPS) is 26.6. The quantitative estimate of drug-likeness (QED) is 0.756. The van der Waals surface area contributed by atoms with Crippen LogP contribution in [0.4, 0.5) is 0 Å². The molecule has 3 atom stereocenters. The molecule has 0 aromatic heterocycles. The summed E-state index contributed by atoms with van der Waals surface area (Å²) in [6.07, 6.45) is 3.59. The number of hydrogen-bond donors (Lipinski definition) is 2. The van der Waals surface area contributed by atoms with Crippen LogP contribution in [0.2, 0.25) is 0 Å². The topological polar surface area (TPSA) is 52.6 Å². The summed E-state index contributed by atoms with van der Waals surface area (Å²) in [5, 5.41) is 12.5. The van der Waals surface area contributed by atoms with Gasteiger partial charge >= 0.3 is 0 Å². The molecular weight excluding hydrogens is 216 g/mol. The number of amides is 1. The zero-order valence-electron chi connectivity index (χ0n) is 11.3. The van der Waals surface area contributed by atoms with E-state index in [9.17, 15) is 9.90 Å². The number of piperidine rings is 1.